The standard InChI is InChI=1S/C19H20N2/c1-14-7-10-19(2,11-8-14)13-17(20)15-9-12-21-18-6-4-3-5-16(15)18/h3-10,12-13H,11,20H2,1-2H3. The van der Waals surface area contributed by atoms with Crippen molar-refractivity contribution in [3.63, 3.8) is 0 Å². The smallest absolute Gasteiger partial charge is 0.0708 e. The molecule has 1 aromatic heterocycles. The zero-order chi connectivity index (χ0) is 14.9. The first-order valence-electron chi connectivity index (χ1n) is 7.26. The largest absolute Gasteiger partial charge is 0.398 e. The lowest BCUT2D eigenvalue weighted by Gasteiger charge is -2.25. The van der Waals surface area contributed by atoms with Gasteiger partial charge in [0.1, 0.15) is 0 Å². The Hall–Kier alpha value is -2.35. The van der Waals surface area contributed by atoms with E-state index >= 15 is 0 Å². The highest BCUT2D eigenvalue weighted by Crippen LogP contribution is 2.33. The van der Waals surface area contributed by atoms with Crippen LogP contribution in [0.4, 0.5) is 0 Å². The van der Waals surface area contributed by atoms with Crippen LogP contribution in [0, 0.1) is 5.41 Å². The van der Waals surface area contributed by atoms with Crippen LogP contribution in [0.1, 0.15) is 25.8 Å². The second-order valence-corrected chi connectivity index (χ2v) is 5.97. The van der Waals surface area contributed by atoms with E-state index in [-0.39, 0.29) is 5.41 Å². The lowest BCUT2D eigenvalue weighted by molar-refractivity contribution is 0.554. The van der Waals surface area contributed by atoms with Gasteiger partial charge in [-0.15, -0.1) is 0 Å². The van der Waals surface area contributed by atoms with Crippen molar-refractivity contribution in [3.05, 3.63) is 72.0 Å². The topological polar surface area (TPSA) is 38.9 Å². The molecule has 21 heavy (non-hydrogen) atoms. The van der Waals surface area contributed by atoms with Gasteiger partial charge in [-0.3, -0.25) is 4.98 Å². The Morgan fingerprint density at radius 1 is 1.29 bits per heavy atom. The molecule has 0 fully saturated rings. The maximum absolute atomic E-state index is 6.39. The van der Waals surface area contributed by atoms with E-state index in [4.69, 9.17) is 5.73 Å². The minimum atomic E-state index is -0.0199. The number of nitrogens with zero attached hydrogens (tertiary/aromatic N) is 1. The summed E-state index contributed by atoms with van der Waals surface area (Å²) in [6.07, 6.45) is 11.6. The molecule has 1 heterocycles. The van der Waals surface area contributed by atoms with Crippen molar-refractivity contribution in [3.8, 4) is 0 Å². The van der Waals surface area contributed by atoms with E-state index in [2.05, 4.69) is 49.2 Å². The predicted molar refractivity (Wildman–Crippen MR) is 89.5 cm³/mol. The molecular formula is C19H20N2. The van der Waals surface area contributed by atoms with Crippen LogP contribution in [-0.4, -0.2) is 4.98 Å². The molecule has 2 aromatic rings. The number of aromatic nitrogens is 1. The fourth-order valence-corrected chi connectivity index (χ4v) is 2.73. The molecule has 0 spiro atoms. The number of rotatable bonds is 2. The molecule has 0 saturated heterocycles. The average molecular weight is 276 g/mol. The van der Waals surface area contributed by atoms with Gasteiger partial charge in [0, 0.05) is 28.3 Å². The fourth-order valence-electron chi connectivity index (χ4n) is 2.73. The van der Waals surface area contributed by atoms with Crippen LogP contribution in [0.3, 0.4) is 0 Å². The minimum absolute atomic E-state index is 0.0199. The Morgan fingerprint density at radius 2 is 2.10 bits per heavy atom. The number of fused-ring (bicyclic) bond motifs is 1. The van der Waals surface area contributed by atoms with Gasteiger partial charge >= 0.3 is 0 Å². The van der Waals surface area contributed by atoms with Gasteiger partial charge in [0.25, 0.3) is 0 Å². The van der Waals surface area contributed by atoms with Crippen LogP contribution < -0.4 is 5.73 Å². The molecule has 2 N–H and O–H groups in total. The summed E-state index contributed by atoms with van der Waals surface area (Å²) in [4.78, 5) is 4.39. The van der Waals surface area contributed by atoms with E-state index < -0.39 is 0 Å². The molecule has 0 aliphatic heterocycles. The molecule has 0 bridgehead atoms. The van der Waals surface area contributed by atoms with Crippen molar-refractivity contribution >= 4 is 16.6 Å². The molecule has 2 heteroatoms. The number of hydrogen-bond acceptors (Lipinski definition) is 2. The van der Waals surface area contributed by atoms with Crippen LogP contribution in [-0.2, 0) is 0 Å². The van der Waals surface area contributed by atoms with Gasteiger partial charge in [0.2, 0.25) is 0 Å². The van der Waals surface area contributed by atoms with Crippen LogP contribution >= 0.6 is 0 Å². The number of pyridine rings is 1. The zero-order valence-electron chi connectivity index (χ0n) is 12.5. The normalized spacial score (nSPS) is 22.4. The number of para-hydroxylation sites is 1. The number of hydrogen-bond donors (Lipinski definition) is 1. The maximum atomic E-state index is 6.39. The first kappa shape index (κ1) is 13.6. The number of allylic oxidation sites excluding steroid dienone is 5. The van der Waals surface area contributed by atoms with Gasteiger partial charge in [-0.2, -0.15) is 0 Å². The minimum Gasteiger partial charge on any atom is -0.398 e. The highest BCUT2D eigenvalue weighted by atomic mass is 14.7. The third-order valence-electron chi connectivity index (χ3n) is 4.04. The van der Waals surface area contributed by atoms with E-state index in [1.54, 1.807) is 0 Å². The second-order valence-electron chi connectivity index (χ2n) is 5.97. The van der Waals surface area contributed by atoms with Gasteiger partial charge in [-0.25, -0.2) is 0 Å². The highest BCUT2D eigenvalue weighted by molar-refractivity contribution is 5.90. The first-order chi connectivity index (χ1) is 10.1. The quantitative estimate of drug-likeness (QED) is 0.880. The van der Waals surface area contributed by atoms with E-state index in [0.29, 0.717) is 0 Å². The van der Waals surface area contributed by atoms with Gasteiger partial charge in [-0.05, 0) is 25.5 Å². The van der Waals surface area contributed by atoms with Crippen LogP contribution in [0.25, 0.3) is 16.6 Å². The van der Waals surface area contributed by atoms with Crippen molar-refractivity contribution < 1.29 is 0 Å². The Kier molecular flexibility index (Phi) is 3.38. The Bertz CT molecular complexity index is 763. The third kappa shape index (κ3) is 2.75. The SMILES string of the molecule is CC1=CCC(C)(C=C(N)c2ccnc3ccccc23)C=C1. The Morgan fingerprint density at radius 3 is 2.86 bits per heavy atom. The summed E-state index contributed by atoms with van der Waals surface area (Å²) in [7, 11) is 0. The molecular weight excluding hydrogens is 256 g/mol. The molecule has 1 aromatic carbocycles. The van der Waals surface area contributed by atoms with Gasteiger partial charge < -0.3 is 5.73 Å². The summed E-state index contributed by atoms with van der Waals surface area (Å²) in [5.74, 6) is 0. The summed E-state index contributed by atoms with van der Waals surface area (Å²) in [6, 6.07) is 10.1. The lowest BCUT2D eigenvalue weighted by atomic mass is 9.81. The molecule has 0 amide bonds. The second kappa shape index (κ2) is 5.21. The molecule has 1 unspecified atom stereocenters. The van der Waals surface area contributed by atoms with Crippen molar-refractivity contribution in [1.82, 2.24) is 4.98 Å². The fraction of sp³-hybridized carbons (Fsp3) is 0.211. The van der Waals surface area contributed by atoms with Crippen molar-refractivity contribution in [2.75, 3.05) is 0 Å². The number of nitrogens with two attached hydrogens (primary N) is 1. The lowest BCUT2D eigenvalue weighted by Crippen LogP contribution is -2.14. The van der Waals surface area contributed by atoms with E-state index in [9.17, 15) is 0 Å². The summed E-state index contributed by atoms with van der Waals surface area (Å²) >= 11 is 0. The van der Waals surface area contributed by atoms with Gasteiger partial charge in [0.15, 0.2) is 0 Å². The Labute approximate surface area is 125 Å². The van der Waals surface area contributed by atoms with Crippen molar-refractivity contribution in [2.45, 2.75) is 20.3 Å². The van der Waals surface area contributed by atoms with Crippen molar-refractivity contribution in [2.24, 2.45) is 11.1 Å². The summed E-state index contributed by atoms with van der Waals surface area (Å²) < 4.78 is 0. The first-order valence-corrected chi connectivity index (χ1v) is 7.26. The monoisotopic (exact) mass is 276 g/mol. The molecule has 106 valence electrons. The molecule has 0 radical (unpaired) electrons. The van der Waals surface area contributed by atoms with Crippen molar-refractivity contribution in [1.29, 1.82) is 0 Å². The molecule has 1 aliphatic rings. The third-order valence-corrected chi connectivity index (χ3v) is 4.04. The van der Waals surface area contributed by atoms with Crippen LogP contribution in [0.5, 0.6) is 0 Å². The summed E-state index contributed by atoms with van der Waals surface area (Å²) in [5.41, 5.74) is 10.5. The van der Waals surface area contributed by atoms with E-state index in [1.807, 2.05) is 30.5 Å². The highest BCUT2D eigenvalue weighted by Gasteiger charge is 2.20. The summed E-state index contributed by atoms with van der Waals surface area (Å²) in [5, 5.41) is 1.10. The van der Waals surface area contributed by atoms with Crippen LogP contribution in [0.2, 0.25) is 0 Å². The summed E-state index contributed by atoms with van der Waals surface area (Å²) in [6.45, 7) is 4.34. The van der Waals surface area contributed by atoms with E-state index in [1.165, 1.54) is 5.57 Å². The van der Waals surface area contributed by atoms with E-state index in [0.717, 1.165) is 28.6 Å². The molecule has 1 aliphatic carbocycles. The average Bonchev–Trinajstić information content (AvgIpc) is 2.50. The van der Waals surface area contributed by atoms with Gasteiger partial charge in [0.05, 0.1) is 5.52 Å². The Balaban J connectivity index is 2.03. The van der Waals surface area contributed by atoms with Crippen LogP contribution in [0.15, 0.2) is 66.4 Å². The predicted octanol–water partition coefficient (Wildman–Crippen LogP) is 4.45. The number of benzene rings is 1. The molecule has 3 rings (SSSR count). The maximum Gasteiger partial charge on any atom is 0.0708 e. The molecule has 2 nitrogen and oxygen atoms in total. The molecule has 1 atom stereocenters. The van der Waals surface area contributed by atoms with Gasteiger partial charge in [-0.1, -0.05) is 55.0 Å². The molecule has 0 saturated carbocycles. The zero-order valence-corrected chi connectivity index (χ0v) is 12.5.